The quantitative estimate of drug-likeness (QED) is 0.531. The fourth-order valence-corrected chi connectivity index (χ4v) is 3.61. The van der Waals surface area contributed by atoms with E-state index in [0.29, 0.717) is 22.3 Å². The Hall–Kier alpha value is -0.980. The van der Waals surface area contributed by atoms with Gasteiger partial charge in [-0.05, 0) is 18.6 Å². The van der Waals surface area contributed by atoms with Crippen LogP contribution < -0.4 is 5.84 Å². The second-order valence-corrected chi connectivity index (χ2v) is 7.16. The molecule has 1 aromatic carbocycles. The Balaban J connectivity index is 1.77. The van der Waals surface area contributed by atoms with Gasteiger partial charge in [-0.1, -0.05) is 23.9 Å². The summed E-state index contributed by atoms with van der Waals surface area (Å²) in [6, 6.07) is 6.30. The monoisotopic (exact) mass is 332 g/mol. The highest BCUT2D eigenvalue weighted by Gasteiger charge is 2.51. The number of nitrogen functional groups attached to an aromatic ring is 1. The maximum Gasteiger partial charge on any atom is 0.210 e. The van der Waals surface area contributed by atoms with E-state index in [2.05, 4.69) is 10.2 Å². The molecule has 2 aromatic rings. The minimum Gasteiger partial charge on any atom is -0.335 e. The Kier molecular flexibility index (Phi) is 3.56. The van der Waals surface area contributed by atoms with E-state index >= 15 is 0 Å². The summed E-state index contributed by atoms with van der Waals surface area (Å²) in [6.45, 7) is 0. The van der Waals surface area contributed by atoms with Crippen molar-refractivity contribution in [1.29, 1.82) is 0 Å². The summed E-state index contributed by atoms with van der Waals surface area (Å²) in [7, 11) is 0. The van der Waals surface area contributed by atoms with Gasteiger partial charge in [0.1, 0.15) is 10.2 Å². The van der Waals surface area contributed by atoms with Gasteiger partial charge in [-0.2, -0.15) is 0 Å². The van der Waals surface area contributed by atoms with E-state index < -0.39 is 4.33 Å². The van der Waals surface area contributed by atoms with Crippen LogP contribution in [0.3, 0.4) is 0 Å². The first-order valence-corrected chi connectivity index (χ1v) is 7.69. The summed E-state index contributed by atoms with van der Waals surface area (Å²) >= 11 is 13.3. The van der Waals surface area contributed by atoms with Crippen molar-refractivity contribution in [3.63, 3.8) is 0 Å². The standard InChI is InChI=1S/C12H11Cl2FN4S/c13-12(14)5-7(12)6-20-11-18-17-10(19(11)16)8-3-1-2-4-9(8)15/h1-4,7H,5-6,16H2. The van der Waals surface area contributed by atoms with Crippen LogP contribution in [0.15, 0.2) is 29.4 Å². The van der Waals surface area contributed by atoms with Crippen LogP contribution in [0.5, 0.6) is 0 Å². The number of nitrogens with zero attached hydrogens (tertiary/aromatic N) is 3. The Labute approximate surface area is 129 Å². The van der Waals surface area contributed by atoms with Gasteiger partial charge in [0.15, 0.2) is 5.82 Å². The Morgan fingerprint density at radius 3 is 2.75 bits per heavy atom. The molecule has 0 spiro atoms. The molecule has 1 unspecified atom stereocenters. The molecule has 1 aromatic heterocycles. The molecule has 1 heterocycles. The number of alkyl halides is 2. The minimum atomic E-state index is -0.624. The summed E-state index contributed by atoms with van der Waals surface area (Å²) in [5, 5.41) is 8.43. The van der Waals surface area contributed by atoms with E-state index in [0.717, 1.165) is 6.42 Å². The van der Waals surface area contributed by atoms with E-state index in [1.807, 2.05) is 0 Å². The molecule has 1 saturated carbocycles. The van der Waals surface area contributed by atoms with E-state index in [-0.39, 0.29) is 11.7 Å². The highest BCUT2D eigenvalue weighted by atomic mass is 35.5. The van der Waals surface area contributed by atoms with Crippen LogP contribution >= 0.6 is 35.0 Å². The zero-order valence-electron chi connectivity index (χ0n) is 10.3. The molecule has 1 fully saturated rings. The Morgan fingerprint density at radius 2 is 2.10 bits per heavy atom. The molecule has 0 saturated heterocycles. The molecule has 1 aliphatic carbocycles. The molecule has 2 N–H and O–H groups in total. The number of benzene rings is 1. The van der Waals surface area contributed by atoms with E-state index in [9.17, 15) is 4.39 Å². The Morgan fingerprint density at radius 1 is 1.40 bits per heavy atom. The van der Waals surface area contributed by atoms with Crippen LogP contribution in [0.2, 0.25) is 0 Å². The number of thioether (sulfide) groups is 1. The van der Waals surface area contributed by atoms with E-state index in [1.54, 1.807) is 18.2 Å². The zero-order valence-corrected chi connectivity index (χ0v) is 12.6. The normalized spacial score (nSPS) is 20.1. The lowest BCUT2D eigenvalue weighted by Crippen LogP contribution is -2.12. The number of nitrogens with two attached hydrogens (primary N) is 1. The van der Waals surface area contributed by atoms with Crippen molar-refractivity contribution < 1.29 is 4.39 Å². The van der Waals surface area contributed by atoms with Crippen molar-refractivity contribution in [2.75, 3.05) is 11.6 Å². The zero-order chi connectivity index (χ0) is 14.3. The summed E-state index contributed by atoms with van der Waals surface area (Å²) in [6.07, 6.45) is 0.766. The van der Waals surface area contributed by atoms with Gasteiger partial charge in [0.25, 0.3) is 0 Å². The number of halogens is 3. The average Bonchev–Trinajstić information content (AvgIpc) is 2.85. The van der Waals surface area contributed by atoms with Crippen molar-refractivity contribution in [3.05, 3.63) is 30.1 Å². The minimum absolute atomic E-state index is 0.226. The summed E-state index contributed by atoms with van der Waals surface area (Å²) in [4.78, 5) is 0. The van der Waals surface area contributed by atoms with Crippen LogP contribution in [0.4, 0.5) is 4.39 Å². The van der Waals surface area contributed by atoms with Gasteiger partial charge in [-0.25, -0.2) is 9.07 Å². The molecule has 0 aliphatic heterocycles. The van der Waals surface area contributed by atoms with Crippen LogP contribution in [-0.4, -0.2) is 25.0 Å². The van der Waals surface area contributed by atoms with Gasteiger partial charge >= 0.3 is 0 Å². The summed E-state index contributed by atoms with van der Waals surface area (Å²) in [5.41, 5.74) is 0.324. The number of rotatable bonds is 4. The van der Waals surface area contributed by atoms with E-state index in [4.69, 9.17) is 29.0 Å². The fraction of sp³-hybridized carbons (Fsp3) is 0.333. The third kappa shape index (κ3) is 2.60. The maximum atomic E-state index is 13.7. The van der Waals surface area contributed by atoms with Crippen molar-refractivity contribution in [3.8, 4) is 11.4 Å². The third-order valence-corrected chi connectivity index (χ3v) is 5.18. The van der Waals surface area contributed by atoms with Gasteiger partial charge < -0.3 is 5.84 Å². The van der Waals surface area contributed by atoms with Gasteiger partial charge in [0, 0.05) is 11.7 Å². The van der Waals surface area contributed by atoms with Crippen LogP contribution in [0.1, 0.15) is 6.42 Å². The fourth-order valence-electron chi connectivity index (χ4n) is 1.83. The van der Waals surface area contributed by atoms with Crippen molar-refractivity contribution in [1.82, 2.24) is 14.9 Å². The van der Waals surface area contributed by atoms with Crippen LogP contribution in [0, 0.1) is 11.7 Å². The highest BCUT2D eigenvalue weighted by Crippen LogP contribution is 2.54. The molecule has 3 rings (SSSR count). The SMILES string of the molecule is Nn1c(SCC2CC2(Cl)Cl)nnc1-c1ccccc1F. The van der Waals surface area contributed by atoms with Gasteiger partial charge in [0.05, 0.1) is 5.56 Å². The molecule has 20 heavy (non-hydrogen) atoms. The van der Waals surface area contributed by atoms with Crippen LogP contribution in [-0.2, 0) is 0 Å². The van der Waals surface area contributed by atoms with Crippen molar-refractivity contribution >= 4 is 35.0 Å². The predicted octanol–water partition coefficient (Wildman–Crippen LogP) is 3.08. The predicted molar refractivity (Wildman–Crippen MR) is 78.8 cm³/mol. The largest absolute Gasteiger partial charge is 0.335 e. The lowest BCUT2D eigenvalue weighted by atomic mass is 10.2. The molecular formula is C12H11Cl2FN4S. The first-order chi connectivity index (χ1) is 9.49. The molecule has 4 nitrogen and oxygen atoms in total. The molecule has 8 heteroatoms. The maximum absolute atomic E-state index is 13.7. The molecule has 0 amide bonds. The number of hydrogen-bond acceptors (Lipinski definition) is 4. The molecular weight excluding hydrogens is 322 g/mol. The molecule has 1 aliphatic rings. The van der Waals surface area contributed by atoms with Gasteiger partial charge in [-0.3, -0.25) is 0 Å². The number of hydrogen-bond donors (Lipinski definition) is 1. The highest BCUT2D eigenvalue weighted by molar-refractivity contribution is 7.99. The average molecular weight is 333 g/mol. The van der Waals surface area contributed by atoms with Gasteiger partial charge in [0.2, 0.25) is 5.16 Å². The Bertz CT molecular complexity index is 646. The second kappa shape index (κ2) is 5.09. The summed E-state index contributed by atoms with van der Waals surface area (Å²) in [5.74, 6) is 6.76. The lowest BCUT2D eigenvalue weighted by Gasteiger charge is -2.04. The van der Waals surface area contributed by atoms with Crippen molar-refractivity contribution in [2.45, 2.75) is 15.9 Å². The molecule has 1 atom stereocenters. The first-order valence-electron chi connectivity index (χ1n) is 5.95. The van der Waals surface area contributed by atoms with E-state index in [1.165, 1.54) is 22.5 Å². The topological polar surface area (TPSA) is 56.7 Å². The summed E-state index contributed by atoms with van der Waals surface area (Å²) < 4.78 is 14.4. The second-order valence-electron chi connectivity index (χ2n) is 4.63. The smallest absolute Gasteiger partial charge is 0.210 e. The molecule has 0 radical (unpaired) electrons. The third-order valence-electron chi connectivity index (χ3n) is 3.15. The number of aromatic nitrogens is 3. The molecule has 0 bridgehead atoms. The van der Waals surface area contributed by atoms with Crippen LogP contribution in [0.25, 0.3) is 11.4 Å². The molecule has 106 valence electrons. The van der Waals surface area contributed by atoms with Gasteiger partial charge in [-0.15, -0.1) is 33.4 Å². The van der Waals surface area contributed by atoms with Crippen molar-refractivity contribution in [2.24, 2.45) is 5.92 Å². The lowest BCUT2D eigenvalue weighted by molar-refractivity contribution is 0.629. The first kappa shape index (κ1) is 14.0.